The third kappa shape index (κ3) is 3.62. The number of hydrogen-bond donors (Lipinski definition) is 2. The van der Waals surface area contributed by atoms with Crippen molar-refractivity contribution in [2.45, 2.75) is 26.3 Å². The van der Waals surface area contributed by atoms with Crippen molar-refractivity contribution in [2.75, 3.05) is 0 Å². The first-order valence-corrected chi connectivity index (χ1v) is 8.01. The molecule has 1 atom stereocenters. The fraction of sp³-hybridized carbons (Fsp3) is 0.263. The van der Waals surface area contributed by atoms with Gasteiger partial charge in [-0.2, -0.15) is 0 Å². The van der Waals surface area contributed by atoms with Crippen molar-refractivity contribution < 1.29 is 9.18 Å². The molecular formula is C19H20FN3O. The molecule has 0 saturated carbocycles. The number of amides is 1. The molecule has 4 nitrogen and oxygen atoms in total. The number of carbonyl (C=O) groups excluding carboxylic acids is 1. The van der Waals surface area contributed by atoms with E-state index in [2.05, 4.69) is 15.3 Å². The molecule has 0 spiro atoms. The van der Waals surface area contributed by atoms with E-state index in [0.29, 0.717) is 5.56 Å². The number of carbonyl (C=O) groups is 1. The Morgan fingerprint density at radius 1 is 1.21 bits per heavy atom. The van der Waals surface area contributed by atoms with E-state index in [-0.39, 0.29) is 30.1 Å². The summed E-state index contributed by atoms with van der Waals surface area (Å²) in [4.78, 5) is 20.2. The van der Waals surface area contributed by atoms with E-state index < -0.39 is 0 Å². The zero-order valence-corrected chi connectivity index (χ0v) is 13.7. The Hall–Kier alpha value is -2.69. The zero-order chi connectivity index (χ0) is 17.1. The fourth-order valence-corrected chi connectivity index (χ4v) is 2.73. The number of nitrogens with zero attached hydrogens (tertiary/aromatic N) is 1. The third-order valence-electron chi connectivity index (χ3n) is 3.94. The summed E-state index contributed by atoms with van der Waals surface area (Å²) in [6.07, 6.45) is 0.140. The second-order valence-corrected chi connectivity index (χ2v) is 6.24. The van der Waals surface area contributed by atoms with Gasteiger partial charge in [-0.1, -0.05) is 38.1 Å². The highest BCUT2D eigenvalue weighted by atomic mass is 19.1. The van der Waals surface area contributed by atoms with E-state index >= 15 is 0 Å². The molecular weight excluding hydrogens is 305 g/mol. The second-order valence-electron chi connectivity index (χ2n) is 6.24. The molecule has 0 aliphatic heterocycles. The molecule has 3 aromatic rings. The molecule has 5 heteroatoms. The highest BCUT2D eigenvalue weighted by Gasteiger charge is 2.21. The van der Waals surface area contributed by atoms with Crippen LogP contribution in [-0.2, 0) is 11.2 Å². The monoisotopic (exact) mass is 325 g/mol. The van der Waals surface area contributed by atoms with Crippen molar-refractivity contribution in [2.24, 2.45) is 5.92 Å². The first kappa shape index (κ1) is 16.2. The molecule has 2 aromatic carbocycles. The minimum absolute atomic E-state index is 0.140. The Balaban J connectivity index is 1.77. The van der Waals surface area contributed by atoms with E-state index in [4.69, 9.17) is 0 Å². The van der Waals surface area contributed by atoms with Crippen LogP contribution >= 0.6 is 0 Å². The Morgan fingerprint density at radius 2 is 2.00 bits per heavy atom. The van der Waals surface area contributed by atoms with Crippen LogP contribution in [-0.4, -0.2) is 15.9 Å². The van der Waals surface area contributed by atoms with E-state index in [9.17, 15) is 9.18 Å². The third-order valence-corrected chi connectivity index (χ3v) is 3.94. The number of imidazole rings is 1. The van der Waals surface area contributed by atoms with Gasteiger partial charge in [0.05, 0.1) is 23.5 Å². The number of para-hydroxylation sites is 2. The highest BCUT2D eigenvalue weighted by molar-refractivity contribution is 5.79. The molecule has 0 bridgehead atoms. The molecule has 24 heavy (non-hydrogen) atoms. The normalized spacial score (nSPS) is 12.5. The van der Waals surface area contributed by atoms with Crippen LogP contribution in [0.15, 0.2) is 48.5 Å². The summed E-state index contributed by atoms with van der Waals surface area (Å²) >= 11 is 0. The predicted octanol–water partition coefficient (Wildman–Crippen LogP) is 3.76. The topological polar surface area (TPSA) is 57.8 Å². The minimum atomic E-state index is -0.335. The average Bonchev–Trinajstić information content (AvgIpc) is 2.96. The summed E-state index contributed by atoms with van der Waals surface area (Å²) in [5, 5.41) is 3.01. The van der Waals surface area contributed by atoms with E-state index in [1.54, 1.807) is 12.1 Å². The molecule has 1 amide bonds. The number of fused-ring (bicyclic) bond motifs is 1. The van der Waals surface area contributed by atoms with Crippen molar-refractivity contribution >= 4 is 16.9 Å². The molecule has 0 radical (unpaired) electrons. The lowest BCUT2D eigenvalue weighted by Gasteiger charge is -2.20. The highest BCUT2D eigenvalue weighted by Crippen LogP contribution is 2.22. The van der Waals surface area contributed by atoms with Crippen LogP contribution in [0, 0.1) is 11.7 Å². The van der Waals surface area contributed by atoms with Crippen molar-refractivity contribution in [1.82, 2.24) is 15.3 Å². The summed E-state index contributed by atoms with van der Waals surface area (Å²) in [5.41, 5.74) is 2.47. The summed E-state index contributed by atoms with van der Waals surface area (Å²) < 4.78 is 13.2. The van der Waals surface area contributed by atoms with Gasteiger partial charge in [0.25, 0.3) is 0 Å². The van der Waals surface area contributed by atoms with Crippen LogP contribution in [0.25, 0.3) is 11.0 Å². The largest absolute Gasteiger partial charge is 0.346 e. The smallest absolute Gasteiger partial charge is 0.225 e. The minimum Gasteiger partial charge on any atom is -0.346 e. The number of hydrogen-bond acceptors (Lipinski definition) is 2. The number of H-pyrrole nitrogens is 1. The first-order chi connectivity index (χ1) is 11.5. The molecule has 2 N–H and O–H groups in total. The van der Waals surface area contributed by atoms with Crippen molar-refractivity contribution in [1.29, 1.82) is 0 Å². The van der Waals surface area contributed by atoms with Gasteiger partial charge in [-0.3, -0.25) is 4.79 Å². The van der Waals surface area contributed by atoms with Crippen LogP contribution in [0.5, 0.6) is 0 Å². The van der Waals surface area contributed by atoms with Gasteiger partial charge in [-0.15, -0.1) is 0 Å². The quantitative estimate of drug-likeness (QED) is 0.750. The summed E-state index contributed by atoms with van der Waals surface area (Å²) in [5.74, 6) is 0.415. The SMILES string of the molecule is CC(C)C(NC(=O)Cc1cccc(F)c1)c1nc2ccccc2[nH]1. The number of rotatable bonds is 5. The summed E-state index contributed by atoms with van der Waals surface area (Å²) in [7, 11) is 0. The zero-order valence-electron chi connectivity index (χ0n) is 13.7. The molecule has 0 fully saturated rings. The van der Waals surface area contributed by atoms with Crippen LogP contribution in [0.4, 0.5) is 4.39 Å². The lowest BCUT2D eigenvalue weighted by Crippen LogP contribution is -2.33. The average molecular weight is 325 g/mol. The van der Waals surface area contributed by atoms with Gasteiger partial charge in [0.2, 0.25) is 5.91 Å². The van der Waals surface area contributed by atoms with E-state index in [0.717, 1.165) is 16.9 Å². The number of halogens is 1. The van der Waals surface area contributed by atoms with E-state index in [1.807, 2.05) is 38.1 Å². The van der Waals surface area contributed by atoms with Gasteiger partial charge in [-0.05, 0) is 35.7 Å². The van der Waals surface area contributed by atoms with Crippen molar-refractivity contribution in [3.8, 4) is 0 Å². The molecule has 0 aliphatic carbocycles. The molecule has 0 saturated heterocycles. The Bertz CT molecular complexity index is 823. The molecule has 0 aliphatic rings. The van der Waals surface area contributed by atoms with Gasteiger partial charge < -0.3 is 10.3 Å². The number of benzene rings is 2. The molecule has 124 valence electrons. The number of aromatic nitrogens is 2. The van der Waals surface area contributed by atoms with Crippen LogP contribution < -0.4 is 5.32 Å². The Morgan fingerprint density at radius 3 is 2.71 bits per heavy atom. The van der Waals surface area contributed by atoms with Crippen molar-refractivity contribution in [3.05, 3.63) is 65.7 Å². The Labute approximate surface area is 140 Å². The Kier molecular flexibility index (Phi) is 4.60. The van der Waals surface area contributed by atoms with Gasteiger partial charge in [-0.25, -0.2) is 9.37 Å². The molecule has 3 rings (SSSR count). The number of aromatic amines is 1. The van der Waals surface area contributed by atoms with Crippen LogP contribution in [0.1, 0.15) is 31.3 Å². The maximum absolute atomic E-state index is 13.2. The summed E-state index contributed by atoms with van der Waals surface area (Å²) in [6, 6.07) is 13.6. The lowest BCUT2D eigenvalue weighted by atomic mass is 10.0. The van der Waals surface area contributed by atoms with Gasteiger partial charge >= 0.3 is 0 Å². The lowest BCUT2D eigenvalue weighted by molar-refractivity contribution is -0.121. The van der Waals surface area contributed by atoms with Gasteiger partial charge in [0.15, 0.2) is 0 Å². The predicted molar refractivity (Wildman–Crippen MR) is 91.9 cm³/mol. The molecule has 1 heterocycles. The number of nitrogens with one attached hydrogen (secondary N) is 2. The van der Waals surface area contributed by atoms with Gasteiger partial charge in [0, 0.05) is 0 Å². The van der Waals surface area contributed by atoms with E-state index in [1.165, 1.54) is 12.1 Å². The molecule has 1 unspecified atom stereocenters. The van der Waals surface area contributed by atoms with Gasteiger partial charge in [0.1, 0.15) is 11.6 Å². The standard InChI is InChI=1S/C19H20FN3O/c1-12(2)18(19-21-15-8-3-4-9-16(15)22-19)23-17(24)11-13-6-5-7-14(20)10-13/h3-10,12,18H,11H2,1-2H3,(H,21,22)(H,23,24). The van der Waals surface area contributed by atoms with Crippen LogP contribution in [0.3, 0.4) is 0 Å². The fourth-order valence-electron chi connectivity index (χ4n) is 2.73. The molecule has 1 aromatic heterocycles. The first-order valence-electron chi connectivity index (χ1n) is 8.01. The van der Waals surface area contributed by atoms with Crippen LogP contribution in [0.2, 0.25) is 0 Å². The van der Waals surface area contributed by atoms with Crippen molar-refractivity contribution in [3.63, 3.8) is 0 Å². The second kappa shape index (κ2) is 6.83. The maximum Gasteiger partial charge on any atom is 0.225 e. The maximum atomic E-state index is 13.2. The summed E-state index contributed by atoms with van der Waals surface area (Å²) in [6.45, 7) is 4.06.